The van der Waals surface area contributed by atoms with E-state index in [9.17, 15) is 32.3 Å². The van der Waals surface area contributed by atoms with Gasteiger partial charge >= 0.3 is 18.2 Å². The molecule has 1 rings (SSSR count). The number of nitrogens with one attached hydrogen (secondary N) is 3. The second-order valence-corrected chi connectivity index (χ2v) is 6.14. The van der Waals surface area contributed by atoms with E-state index in [1.165, 1.54) is 0 Å². The predicted octanol–water partition coefficient (Wildman–Crippen LogP) is 1.58. The highest BCUT2D eigenvalue weighted by Gasteiger charge is 2.42. The SMILES string of the molecule is NCc1ccc(NC(=O)CNC(=O)CCCCCNC(=O)OC(=O)C(F)(F)F)cc1. The van der Waals surface area contributed by atoms with E-state index >= 15 is 0 Å². The van der Waals surface area contributed by atoms with Crippen LogP contribution in [0.15, 0.2) is 24.3 Å². The molecule has 0 aliphatic heterocycles. The van der Waals surface area contributed by atoms with E-state index in [-0.39, 0.29) is 31.3 Å². The first-order valence-electron chi connectivity index (χ1n) is 9.04. The van der Waals surface area contributed by atoms with E-state index < -0.39 is 18.2 Å². The van der Waals surface area contributed by atoms with Gasteiger partial charge in [0.15, 0.2) is 0 Å². The first kappa shape index (κ1) is 24.9. The topological polar surface area (TPSA) is 140 Å². The molecule has 166 valence electrons. The van der Waals surface area contributed by atoms with Crippen molar-refractivity contribution in [2.24, 2.45) is 5.73 Å². The molecule has 1 aromatic rings. The van der Waals surface area contributed by atoms with E-state index in [0.717, 1.165) is 5.56 Å². The van der Waals surface area contributed by atoms with Gasteiger partial charge in [-0.25, -0.2) is 9.59 Å². The van der Waals surface area contributed by atoms with E-state index in [2.05, 4.69) is 15.4 Å². The minimum atomic E-state index is -5.24. The maximum absolute atomic E-state index is 11.9. The summed E-state index contributed by atoms with van der Waals surface area (Å²) in [6.45, 7) is 0.178. The van der Waals surface area contributed by atoms with Gasteiger partial charge in [0.2, 0.25) is 11.8 Å². The molecule has 1 aromatic carbocycles. The smallest absolute Gasteiger partial charge is 0.369 e. The Hall–Kier alpha value is -3.15. The summed E-state index contributed by atoms with van der Waals surface area (Å²) in [6, 6.07) is 6.95. The van der Waals surface area contributed by atoms with Gasteiger partial charge in [-0.15, -0.1) is 0 Å². The molecular weight excluding hydrogens is 409 g/mol. The maximum Gasteiger partial charge on any atom is 0.491 e. The summed E-state index contributed by atoms with van der Waals surface area (Å²) in [5.74, 6) is -3.32. The molecule has 9 nitrogen and oxygen atoms in total. The summed E-state index contributed by atoms with van der Waals surface area (Å²) in [6.07, 6.45) is -5.31. The van der Waals surface area contributed by atoms with Crippen molar-refractivity contribution in [3.63, 3.8) is 0 Å². The van der Waals surface area contributed by atoms with Gasteiger partial charge in [0.1, 0.15) is 0 Å². The minimum absolute atomic E-state index is 0.0169. The van der Waals surface area contributed by atoms with Crippen molar-refractivity contribution in [3.8, 4) is 0 Å². The van der Waals surface area contributed by atoms with Gasteiger partial charge in [0.05, 0.1) is 6.54 Å². The summed E-state index contributed by atoms with van der Waals surface area (Å²) in [4.78, 5) is 44.9. The third-order valence-corrected chi connectivity index (χ3v) is 3.69. The van der Waals surface area contributed by atoms with Gasteiger partial charge in [-0.2, -0.15) is 13.2 Å². The number of rotatable bonds is 10. The lowest BCUT2D eigenvalue weighted by molar-refractivity contribution is -0.192. The highest BCUT2D eigenvalue weighted by Crippen LogP contribution is 2.16. The molecule has 0 saturated heterocycles. The van der Waals surface area contributed by atoms with Crippen LogP contribution in [0.3, 0.4) is 0 Å². The molecule has 0 unspecified atom stereocenters. The second kappa shape index (κ2) is 12.4. The number of hydrogen-bond donors (Lipinski definition) is 4. The second-order valence-electron chi connectivity index (χ2n) is 6.14. The van der Waals surface area contributed by atoms with Gasteiger partial charge in [-0.3, -0.25) is 9.59 Å². The highest BCUT2D eigenvalue weighted by atomic mass is 19.4. The van der Waals surface area contributed by atoms with Crippen LogP contribution in [0.4, 0.5) is 23.7 Å². The number of benzene rings is 1. The van der Waals surface area contributed by atoms with Gasteiger partial charge < -0.3 is 26.4 Å². The fraction of sp³-hybridized carbons (Fsp3) is 0.444. The first-order chi connectivity index (χ1) is 14.1. The number of carbonyl (C=O) groups excluding carboxylic acids is 4. The quantitative estimate of drug-likeness (QED) is 0.251. The number of carbonyl (C=O) groups is 4. The molecule has 0 saturated carbocycles. The van der Waals surface area contributed by atoms with Crippen LogP contribution in [0.1, 0.15) is 31.2 Å². The number of alkyl carbamates (subject to hydrolysis) is 1. The molecule has 0 aliphatic carbocycles. The average Bonchev–Trinajstić information content (AvgIpc) is 2.68. The van der Waals surface area contributed by atoms with Crippen LogP contribution in [0, 0.1) is 0 Å². The molecule has 12 heteroatoms. The first-order valence-corrected chi connectivity index (χ1v) is 9.04. The highest BCUT2D eigenvalue weighted by molar-refractivity contribution is 5.94. The Morgan fingerprint density at radius 2 is 1.60 bits per heavy atom. The van der Waals surface area contributed by atoms with Crippen LogP contribution in [-0.2, 0) is 25.7 Å². The van der Waals surface area contributed by atoms with Crippen LogP contribution < -0.4 is 21.7 Å². The van der Waals surface area contributed by atoms with Crippen LogP contribution in [-0.4, -0.2) is 43.1 Å². The van der Waals surface area contributed by atoms with E-state index in [0.29, 0.717) is 31.5 Å². The molecule has 0 atom stereocenters. The summed E-state index contributed by atoms with van der Waals surface area (Å²) in [5.41, 5.74) is 6.98. The van der Waals surface area contributed by atoms with Crippen LogP contribution in [0.5, 0.6) is 0 Å². The van der Waals surface area contributed by atoms with Crippen molar-refractivity contribution in [1.82, 2.24) is 10.6 Å². The van der Waals surface area contributed by atoms with Crippen molar-refractivity contribution < 1.29 is 37.1 Å². The molecule has 0 aliphatic rings. The summed E-state index contributed by atoms with van der Waals surface area (Å²) in [5, 5.41) is 7.09. The van der Waals surface area contributed by atoms with E-state index in [1.807, 2.05) is 5.32 Å². The van der Waals surface area contributed by atoms with Gasteiger partial charge in [0.25, 0.3) is 0 Å². The van der Waals surface area contributed by atoms with Crippen LogP contribution >= 0.6 is 0 Å². The van der Waals surface area contributed by atoms with Crippen LogP contribution in [0.25, 0.3) is 0 Å². The Morgan fingerprint density at radius 1 is 0.933 bits per heavy atom. The number of alkyl halides is 3. The number of amides is 3. The number of unbranched alkanes of at least 4 members (excludes halogenated alkanes) is 2. The van der Waals surface area contributed by atoms with Crippen molar-refractivity contribution in [2.75, 3.05) is 18.4 Å². The molecule has 0 spiro atoms. The molecular formula is C18H23F3N4O5. The lowest BCUT2D eigenvalue weighted by Gasteiger charge is -2.08. The zero-order chi connectivity index (χ0) is 22.6. The number of anilines is 1. The van der Waals surface area contributed by atoms with Crippen LogP contribution in [0.2, 0.25) is 0 Å². The molecule has 3 amide bonds. The van der Waals surface area contributed by atoms with Crippen molar-refractivity contribution in [1.29, 1.82) is 0 Å². The molecule has 5 N–H and O–H groups in total. The molecule has 0 bridgehead atoms. The van der Waals surface area contributed by atoms with Gasteiger partial charge in [-0.1, -0.05) is 18.6 Å². The minimum Gasteiger partial charge on any atom is -0.369 e. The lowest BCUT2D eigenvalue weighted by atomic mass is 10.2. The lowest BCUT2D eigenvalue weighted by Crippen LogP contribution is -2.34. The predicted molar refractivity (Wildman–Crippen MR) is 100.0 cm³/mol. The largest absolute Gasteiger partial charge is 0.491 e. The normalized spacial score (nSPS) is 10.8. The molecule has 0 radical (unpaired) electrons. The molecule has 30 heavy (non-hydrogen) atoms. The Bertz CT molecular complexity index is 738. The van der Waals surface area contributed by atoms with Crippen molar-refractivity contribution >= 4 is 29.6 Å². The van der Waals surface area contributed by atoms with Crippen molar-refractivity contribution in [3.05, 3.63) is 29.8 Å². The Balaban J connectivity index is 2.09. The molecule has 0 fully saturated rings. The Kier molecular flexibility index (Phi) is 10.3. The molecule has 0 aromatic heterocycles. The summed E-state index contributed by atoms with van der Waals surface area (Å²) >= 11 is 0. The standard InChI is InChI=1S/C18H23F3N4O5/c19-18(20,21)16(28)30-17(29)23-9-3-1-2-4-14(26)24-11-15(27)25-13-7-5-12(10-22)6-8-13/h5-8H,1-4,9-11,22H2,(H,23,29)(H,24,26)(H,25,27). The number of halogens is 3. The third kappa shape index (κ3) is 10.4. The number of ether oxygens (including phenoxy) is 1. The zero-order valence-corrected chi connectivity index (χ0v) is 16.0. The van der Waals surface area contributed by atoms with E-state index in [4.69, 9.17) is 5.73 Å². The monoisotopic (exact) mass is 432 g/mol. The summed E-state index contributed by atoms with van der Waals surface area (Å²) in [7, 11) is 0. The maximum atomic E-state index is 11.9. The fourth-order valence-corrected chi connectivity index (χ4v) is 2.15. The average molecular weight is 432 g/mol. The molecule has 0 heterocycles. The van der Waals surface area contributed by atoms with Gasteiger partial charge in [-0.05, 0) is 30.5 Å². The van der Waals surface area contributed by atoms with E-state index in [1.54, 1.807) is 24.3 Å². The zero-order valence-electron chi connectivity index (χ0n) is 16.0. The summed E-state index contributed by atoms with van der Waals surface area (Å²) < 4.78 is 39.3. The van der Waals surface area contributed by atoms with Crippen molar-refractivity contribution in [2.45, 2.75) is 38.4 Å². The Labute approximate surface area is 170 Å². The number of nitrogens with two attached hydrogens (primary N) is 1. The fourth-order valence-electron chi connectivity index (χ4n) is 2.15. The van der Waals surface area contributed by atoms with Gasteiger partial charge in [0, 0.05) is 25.2 Å². The number of hydrogen-bond acceptors (Lipinski definition) is 6. The Morgan fingerprint density at radius 3 is 2.20 bits per heavy atom. The third-order valence-electron chi connectivity index (χ3n) is 3.69. The number of esters is 1.